The third-order valence-electron chi connectivity index (χ3n) is 2.88. The highest BCUT2D eigenvalue weighted by atomic mass is 16.5. The zero-order valence-electron chi connectivity index (χ0n) is 10.6. The van der Waals surface area contributed by atoms with Crippen molar-refractivity contribution in [2.75, 3.05) is 26.7 Å². The summed E-state index contributed by atoms with van der Waals surface area (Å²) in [5.74, 6) is 0.935. The second kappa shape index (κ2) is 6.14. The summed E-state index contributed by atoms with van der Waals surface area (Å²) in [6.07, 6.45) is 1.39. The summed E-state index contributed by atoms with van der Waals surface area (Å²) in [7, 11) is 1.90. The molecule has 1 aromatic heterocycles. The van der Waals surface area contributed by atoms with Gasteiger partial charge >= 0.3 is 0 Å². The van der Waals surface area contributed by atoms with Crippen LogP contribution in [0.4, 0.5) is 0 Å². The zero-order valence-corrected chi connectivity index (χ0v) is 10.6. The zero-order chi connectivity index (χ0) is 12.1. The fraction of sp³-hybridized carbons (Fsp3) is 0.750. The van der Waals surface area contributed by atoms with Gasteiger partial charge in [-0.1, -0.05) is 5.16 Å². The van der Waals surface area contributed by atoms with Gasteiger partial charge in [-0.25, -0.2) is 0 Å². The van der Waals surface area contributed by atoms with Crippen molar-refractivity contribution in [1.29, 1.82) is 0 Å². The summed E-state index contributed by atoms with van der Waals surface area (Å²) in [4.78, 5) is 2.36. The molecule has 1 fully saturated rings. The highest BCUT2D eigenvalue weighted by Crippen LogP contribution is 2.11. The Morgan fingerprint density at radius 3 is 3.29 bits per heavy atom. The Bertz CT molecular complexity index is 340. The molecule has 0 aliphatic carbocycles. The van der Waals surface area contributed by atoms with Crippen LogP contribution in [0.15, 0.2) is 10.6 Å². The standard InChI is InChI=1S/C12H21N3O2/c1-10-8-15(4-3-5-16-10)9-12-6-11(7-13-2)14-17-12/h6,10,13H,3-5,7-9H2,1-2H3. The molecule has 1 aromatic rings. The van der Waals surface area contributed by atoms with E-state index in [2.05, 4.69) is 22.3 Å². The number of hydrogen-bond acceptors (Lipinski definition) is 5. The van der Waals surface area contributed by atoms with Crippen molar-refractivity contribution in [3.05, 3.63) is 17.5 Å². The van der Waals surface area contributed by atoms with Crippen molar-refractivity contribution in [3.8, 4) is 0 Å². The van der Waals surface area contributed by atoms with Crippen molar-refractivity contribution in [3.63, 3.8) is 0 Å². The number of hydrogen-bond donors (Lipinski definition) is 1. The van der Waals surface area contributed by atoms with Gasteiger partial charge in [0, 0.05) is 32.3 Å². The third-order valence-corrected chi connectivity index (χ3v) is 2.88. The minimum Gasteiger partial charge on any atom is -0.377 e. The van der Waals surface area contributed by atoms with Crippen molar-refractivity contribution in [1.82, 2.24) is 15.4 Å². The predicted octanol–water partition coefficient (Wildman–Crippen LogP) is 1.00. The number of aromatic nitrogens is 1. The minimum atomic E-state index is 0.303. The topological polar surface area (TPSA) is 50.5 Å². The number of ether oxygens (including phenoxy) is 1. The molecule has 0 bridgehead atoms. The molecule has 0 saturated carbocycles. The Labute approximate surface area is 102 Å². The van der Waals surface area contributed by atoms with Gasteiger partial charge in [0.25, 0.3) is 0 Å². The summed E-state index contributed by atoms with van der Waals surface area (Å²) in [6.45, 7) is 6.58. The second-order valence-corrected chi connectivity index (χ2v) is 4.58. The Balaban J connectivity index is 1.89. The van der Waals surface area contributed by atoms with E-state index in [4.69, 9.17) is 9.26 Å². The third kappa shape index (κ3) is 3.80. The number of rotatable bonds is 4. The number of nitrogens with zero attached hydrogens (tertiary/aromatic N) is 2. The largest absolute Gasteiger partial charge is 0.377 e. The van der Waals surface area contributed by atoms with Crippen LogP contribution in [0, 0.1) is 0 Å². The molecule has 1 aliphatic heterocycles. The molecule has 0 amide bonds. The molecule has 1 saturated heterocycles. The molecular formula is C12H21N3O2. The van der Waals surface area contributed by atoms with Gasteiger partial charge in [0.1, 0.15) is 0 Å². The van der Waals surface area contributed by atoms with Gasteiger partial charge in [0.05, 0.1) is 18.3 Å². The van der Waals surface area contributed by atoms with Gasteiger partial charge in [-0.05, 0) is 20.4 Å². The molecular weight excluding hydrogens is 218 g/mol. The maximum atomic E-state index is 5.62. The lowest BCUT2D eigenvalue weighted by Crippen LogP contribution is -2.29. The molecule has 17 heavy (non-hydrogen) atoms. The molecule has 0 spiro atoms. The van der Waals surface area contributed by atoms with E-state index in [1.54, 1.807) is 0 Å². The second-order valence-electron chi connectivity index (χ2n) is 4.58. The fourth-order valence-corrected chi connectivity index (χ4v) is 2.14. The minimum absolute atomic E-state index is 0.303. The first kappa shape index (κ1) is 12.5. The summed E-state index contributed by atoms with van der Waals surface area (Å²) < 4.78 is 10.9. The quantitative estimate of drug-likeness (QED) is 0.849. The van der Waals surface area contributed by atoms with Gasteiger partial charge < -0.3 is 14.6 Å². The smallest absolute Gasteiger partial charge is 0.151 e. The molecule has 1 aliphatic rings. The lowest BCUT2D eigenvalue weighted by Gasteiger charge is -2.19. The molecule has 0 radical (unpaired) electrons. The molecule has 96 valence electrons. The Morgan fingerprint density at radius 2 is 2.47 bits per heavy atom. The van der Waals surface area contributed by atoms with Gasteiger partial charge in [-0.2, -0.15) is 0 Å². The first-order valence-corrected chi connectivity index (χ1v) is 6.21. The fourth-order valence-electron chi connectivity index (χ4n) is 2.14. The van der Waals surface area contributed by atoms with Crippen molar-refractivity contribution < 1.29 is 9.26 Å². The van der Waals surface area contributed by atoms with E-state index < -0.39 is 0 Å². The van der Waals surface area contributed by atoms with Crippen LogP contribution >= 0.6 is 0 Å². The van der Waals surface area contributed by atoms with Crippen LogP contribution < -0.4 is 5.32 Å². The van der Waals surface area contributed by atoms with E-state index in [0.29, 0.717) is 6.10 Å². The number of nitrogens with one attached hydrogen (secondary N) is 1. The highest BCUT2D eigenvalue weighted by Gasteiger charge is 2.16. The van der Waals surface area contributed by atoms with E-state index in [0.717, 1.165) is 50.7 Å². The molecule has 2 rings (SSSR count). The van der Waals surface area contributed by atoms with E-state index in [9.17, 15) is 0 Å². The first-order valence-electron chi connectivity index (χ1n) is 6.21. The lowest BCUT2D eigenvalue weighted by molar-refractivity contribution is 0.0655. The molecule has 2 heterocycles. The summed E-state index contributed by atoms with van der Waals surface area (Å²) in [5.41, 5.74) is 0.960. The SMILES string of the molecule is CNCc1cc(CN2CCCOC(C)C2)on1. The molecule has 0 aromatic carbocycles. The summed E-state index contributed by atoms with van der Waals surface area (Å²) in [5, 5.41) is 7.08. The van der Waals surface area contributed by atoms with Gasteiger partial charge in [0.2, 0.25) is 0 Å². The van der Waals surface area contributed by atoms with E-state index in [-0.39, 0.29) is 0 Å². The van der Waals surface area contributed by atoms with Crippen LogP contribution in [-0.4, -0.2) is 42.9 Å². The predicted molar refractivity (Wildman–Crippen MR) is 64.6 cm³/mol. The lowest BCUT2D eigenvalue weighted by atomic mass is 10.3. The monoisotopic (exact) mass is 239 g/mol. The summed E-state index contributed by atoms with van der Waals surface area (Å²) >= 11 is 0. The highest BCUT2D eigenvalue weighted by molar-refractivity contribution is 5.05. The van der Waals surface area contributed by atoms with Crippen molar-refractivity contribution in [2.24, 2.45) is 0 Å². The van der Waals surface area contributed by atoms with Crippen LogP contribution in [0.1, 0.15) is 24.8 Å². The van der Waals surface area contributed by atoms with E-state index in [1.807, 2.05) is 13.1 Å². The van der Waals surface area contributed by atoms with Crippen molar-refractivity contribution in [2.45, 2.75) is 32.5 Å². The van der Waals surface area contributed by atoms with E-state index >= 15 is 0 Å². The Morgan fingerprint density at radius 1 is 1.59 bits per heavy atom. The maximum absolute atomic E-state index is 5.62. The summed E-state index contributed by atoms with van der Waals surface area (Å²) in [6, 6.07) is 2.02. The van der Waals surface area contributed by atoms with E-state index in [1.165, 1.54) is 0 Å². The van der Waals surface area contributed by atoms with Crippen molar-refractivity contribution >= 4 is 0 Å². The van der Waals surface area contributed by atoms with Crippen LogP contribution in [0.5, 0.6) is 0 Å². The molecule has 5 nitrogen and oxygen atoms in total. The van der Waals surface area contributed by atoms with Crippen LogP contribution in [0.3, 0.4) is 0 Å². The van der Waals surface area contributed by atoms with Crippen LogP contribution in [-0.2, 0) is 17.8 Å². The first-order chi connectivity index (χ1) is 8.28. The average Bonchev–Trinajstić information content (AvgIpc) is 2.62. The Kier molecular flexibility index (Phi) is 4.53. The van der Waals surface area contributed by atoms with Crippen LogP contribution in [0.25, 0.3) is 0 Å². The molecule has 1 atom stereocenters. The molecule has 1 N–H and O–H groups in total. The molecule has 5 heteroatoms. The van der Waals surface area contributed by atoms with Gasteiger partial charge in [-0.15, -0.1) is 0 Å². The molecule has 1 unspecified atom stereocenters. The van der Waals surface area contributed by atoms with Crippen LogP contribution in [0.2, 0.25) is 0 Å². The maximum Gasteiger partial charge on any atom is 0.151 e. The average molecular weight is 239 g/mol. The van der Waals surface area contributed by atoms with Gasteiger partial charge in [-0.3, -0.25) is 4.90 Å². The Hall–Kier alpha value is -0.910. The van der Waals surface area contributed by atoms with Gasteiger partial charge in [0.15, 0.2) is 5.76 Å². The normalized spacial score (nSPS) is 22.6.